The highest BCUT2D eigenvalue weighted by molar-refractivity contribution is 8.02. The largest absolute Gasteiger partial charge is 0.389 e. The van der Waals surface area contributed by atoms with Crippen molar-refractivity contribution < 1.29 is 19.3 Å². The van der Waals surface area contributed by atoms with Crippen LogP contribution in [0.15, 0.2) is 82.5 Å². The molecule has 3 aromatic rings. The molecule has 2 aromatic carbocycles. The first-order valence-corrected chi connectivity index (χ1v) is 15.3. The van der Waals surface area contributed by atoms with Crippen LogP contribution in [-0.2, 0) is 18.7 Å². The van der Waals surface area contributed by atoms with E-state index in [4.69, 9.17) is 14.2 Å². The Morgan fingerprint density at radius 3 is 2.13 bits per heavy atom. The van der Waals surface area contributed by atoms with E-state index in [9.17, 15) is 14.7 Å². The SMILES string of the molecule is COCCO[C@@H]1[C@H](O)[C@@H](COC(C)(C)C)S[C@]1(n1ccc(=O)[nH]c1=O)[SiH](c1ccccc1)c1ccccc1. The molecule has 0 bridgehead atoms. The average molecular weight is 557 g/mol. The van der Waals surface area contributed by atoms with Gasteiger partial charge in [0, 0.05) is 19.4 Å². The number of aliphatic hydroxyl groups is 1. The number of ether oxygens (including phenoxy) is 3. The van der Waals surface area contributed by atoms with Gasteiger partial charge in [-0.15, -0.1) is 11.8 Å². The summed E-state index contributed by atoms with van der Waals surface area (Å²) in [5, 5.41) is 13.6. The van der Waals surface area contributed by atoms with Crippen molar-refractivity contribution in [2.45, 2.75) is 48.3 Å². The van der Waals surface area contributed by atoms with Gasteiger partial charge in [0.15, 0.2) is 0 Å². The van der Waals surface area contributed by atoms with Crippen LogP contribution >= 0.6 is 11.8 Å². The fourth-order valence-electron chi connectivity index (χ4n) is 4.98. The summed E-state index contributed by atoms with van der Waals surface area (Å²) in [4.78, 5) is 28.1. The first kappa shape index (κ1) is 28.5. The number of rotatable bonds is 10. The van der Waals surface area contributed by atoms with Crippen LogP contribution in [0.2, 0.25) is 0 Å². The Morgan fingerprint density at radius 1 is 1.00 bits per heavy atom. The zero-order chi connectivity index (χ0) is 27.3. The van der Waals surface area contributed by atoms with Gasteiger partial charge < -0.3 is 19.3 Å². The third-order valence-electron chi connectivity index (χ3n) is 6.58. The number of aromatic nitrogens is 2. The van der Waals surface area contributed by atoms with Gasteiger partial charge in [-0.1, -0.05) is 71.0 Å². The molecule has 10 heteroatoms. The summed E-state index contributed by atoms with van der Waals surface area (Å²) in [6.07, 6.45) is -0.190. The highest BCUT2D eigenvalue weighted by Crippen LogP contribution is 2.50. The number of hydrogen-bond acceptors (Lipinski definition) is 7. The molecule has 4 atom stereocenters. The molecule has 1 aromatic heterocycles. The number of hydrogen-bond donors (Lipinski definition) is 2. The summed E-state index contributed by atoms with van der Waals surface area (Å²) in [5.74, 6) is 0. The molecule has 0 unspecified atom stereocenters. The van der Waals surface area contributed by atoms with E-state index in [1.165, 1.54) is 24.0 Å². The molecular formula is C28H36N2O6SSi. The van der Waals surface area contributed by atoms with Gasteiger partial charge in [-0.05, 0) is 20.8 Å². The van der Waals surface area contributed by atoms with Gasteiger partial charge in [-0.2, -0.15) is 0 Å². The van der Waals surface area contributed by atoms with Gasteiger partial charge >= 0.3 is 5.69 Å². The number of aromatic amines is 1. The smallest absolute Gasteiger partial charge is 0.329 e. The van der Waals surface area contributed by atoms with E-state index in [0.717, 1.165) is 10.4 Å². The second kappa shape index (κ2) is 12.1. The van der Waals surface area contributed by atoms with Crippen molar-refractivity contribution >= 4 is 30.9 Å². The van der Waals surface area contributed by atoms with Gasteiger partial charge in [-0.3, -0.25) is 14.3 Å². The Kier molecular flexibility index (Phi) is 9.12. The van der Waals surface area contributed by atoms with Crippen molar-refractivity contribution in [3.8, 4) is 0 Å². The minimum Gasteiger partial charge on any atom is -0.389 e. The molecule has 4 rings (SSSR count). The number of nitrogens with zero attached hydrogens (tertiary/aromatic N) is 1. The first-order chi connectivity index (χ1) is 18.2. The summed E-state index contributed by atoms with van der Waals surface area (Å²) in [7, 11) is -0.848. The van der Waals surface area contributed by atoms with Crippen LogP contribution in [0.3, 0.4) is 0 Å². The Labute approximate surface area is 228 Å². The minimum atomic E-state index is -2.44. The van der Waals surface area contributed by atoms with Crippen molar-refractivity contribution in [3.05, 3.63) is 93.8 Å². The summed E-state index contributed by atoms with van der Waals surface area (Å²) in [5.41, 5.74) is -1.44. The lowest BCUT2D eigenvalue weighted by Gasteiger charge is -2.42. The number of H-pyrrole nitrogens is 1. The van der Waals surface area contributed by atoms with Crippen molar-refractivity contribution in [2.24, 2.45) is 0 Å². The molecule has 1 fully saturated rings. The Balaban J connectivity index is 1.99. The van der Waals surface area contributed by atoms with Crippen LogP contribution in [0.4, 0.5) is 0 Å². The third-order valence-corrected chi connectivity index (χ3v) is 12.8. The fourth-order valence-corrected chi connectivity index (χ4v) is 12.0. The average Bonchev–Trinajstić information content (AvgIpc) is 3.15. The van der Waals surface area contributed by atoms with E-state index < -0.39 is 42.3 Å². The molecule has 204 valence electrons. The zero-order valence-corrected chi connectivity index (χ0v) is 24.2. The van der Waals surface area contributed by atoms with Gasteiger partial charge in [0.25, 0.3) is 5.56 Å². The van der Waals surface area contributed by atoms with E-state index in [-0.39, 0.29) is 18.5 Å². The summed E-state index contributed by atoms with van der Waals surface area (Å²) in [6.45, 7) is 6.74. The summed E-state index contributed by atoms with van der Waals surface area (Å²) < 4.78 is 18.4. The lowest BCUT2D eigenvalue weighted by atomic mass is 10.1. The predicted molar refractivity (Wildman–Crippen MR) is 153 cm³/mol. The highest BCUT2D eigenvalue weighted by Gasteiger charge is 2.61. The van der Waals surface area contributed by atoms with Crippen molar-refractivity contribution in [3.63, 3.8) is 0 Å². The van der Waals surface area contributed by atoms with E-state index in [1.54, 1.807) is 11.7 Å². The molecule has 0 spiro atoms. The molecule has 1 aliphatic heterocycles. The van der Waals surface area contributed by atoms with Gasteiger partial charge in [0.05, 0.1) is 36.8 Å². The molecule has 0 saturated carbocycles. The number of benzene rings is 2. The molecule has 1 aliphatic rings. The molecule has 1 saturated heterocycles. The highest BCUT2D eigenvalue weighted by atomic mass is 32.2. The minimum absolute atomic E-state index is 0.232. The van der Waals surface area contributed by atoms with E-state index >= 15 is 0 Å². The maximum absolute atomic E-state index is 13.5. The second-order valence-corrected chi connectivity index (χ2v) is 15.3. The van der Waals surface area contributed by atoms with Crippen molar-refractivity contribution in [2.75, 3.05) is 26.9 Å². The Morgan fingerprint density at radius 2 is 1.61 bits per heavy atom. The van der Waals surface area contributed by atoms with Gasteiger partial charge in [-0.25, -0.2) is 4.79 Å². The standard InChI is InChI=1S/C28H36N2O6SSi/c1-27(2,3)36-19-22-24(32)25(35-18-17-34-4)28(37-22,30-16-15-23(31)29-26(30)33)38(20-11-7-5-8-12-20)21-13-9-6-10-14-21/h5-16,22,24-25,32,38H,17-19H2,1-4H3,(H,29,31,33)/t22-,24-,25-,28+/m1/s1. The molecule has 2 heterocycles. The lowest BCUT2D eigenvalue weighted by molar-refractivity contribution is -0.0753. The number of aliphatic hydroxyl groups excluding tert-OH is 1. The molecule has 0 radical (unpaired) electrons. The zero-order valence-electron chi connectivity index (χ0n) is 22.2. The maximum Gasteiger partial charge on any atom is 0.329 e. The molecule has 8 nitrogen and oxygen atoms in total. The maximum atomic E-state index is 13.5. The Bertz CT molecular complexity index is 1260. The van der Waals surface area contributed by atoms with Crippen molar-refractivity contribution in [1.82, 2.24) is 9.55 Å². The number of thioether (sulfide) groups is 1. The topological polar surface area (TPSA) is 103 Å². The van der Waals surface area contributed by atoms with E-state index in [1.807, 2.05) is 57.2 Å². The van der Waals surface area contributed by atoms with Gasteiger partial charge in [0.2, 0.25) is 0 Å². The molecule has 38 heavy (non-hydrogen) atoms. The van der Waals surface area contributed by atoms with Crippen LogP contribution in [0.5, 0.6) is 0 Å². The van der Waals surface area contributed by atoms with Gasteiger partial charge in [0.1, 0.15) is 19.4 Å². The van der Waals surface area contributed by atoms with E-state index in [0.29, 0.717) is 6.61 Å². The Hall–Kier alpha value is -2.47. The third kappa shape index (κ3) is 6.06. The van der Waals surface area contributed by atoms with Crippen LogP contribution in [-0.4, -0.2) is 73.4 Å². The van der Waals surface area contributed by atoms with E-state index in [2.05, 4.69) is 29.2 Å². The fraction of sp³-hybridized carbons (Fsp3) is 0.429. The number of methoxy groups -OCH3 is 1. The normalized spacial score (nSPS) is 23.7. The first-order valence-electron chi connectivity index (χ1n) is 12.7. The summed E-state index contributed by atoms with van der Waals surface area (Å²) >= 11 is 1.51. The molecular weight excluding hydrogens is 520 g/mol. The van der Waals surface area contributed by atoms with Crippen LogP contribution < -0.4 is 21.6 Å². The van der Waals surface area contributed by atoms with Crippen molar-refractivity contribution in [1.29, 1.82) is 0 Å². The lowest BCUT2D eigenvalue weighted by Crippen LogP contribution is -2.67. The number of nitrogens with one attached hydrogen (secondary N) is 1. The molecule has 0 aliphatic carbocycles. The van der Waals surface area contributed by atoms with Crippen LogP contribution in [0.1, 0.15) is 20.8 Å². The second-order valence-electron chi connectivity index (χ2n) is 10.3. The molecule has 2 N–H and O–H groups in total. The predicted octanol–water partition coefficient (Wildman–Crippen LogP) is 1.09. The quantitative estimate of drug-likeness (QED) is 0.285. The monoisotopic (exact) mass is 556 g/mol. The summed E-state index contributed by atoms with van der Waals surface area (Å²) in [6, 6.07) is 21.5. The van der Waals surface area contributed by atoms with Crippen LogP contribution in [0.25, 0.3) is 0 Å². The van der Waals surface area contributed by atoms with Crippen LogP contribution in [0, 0.1) is 0 Å². The molecule has 0 amide bonds.